The van der Waals surface area contributed by atoms with Gasteiger partial charge in [-0.2, -0.15) is 5.10 Å². The summed E-state index contributed by atoms with van der Waals surface area (Å²) in [6, 6.07) is 17.6. The number of likely N-dealkylation sites (N-methyl/N-ethyl adjacent to an activating group) is 1. The Hall–Kier alpha value is -4.40. The molecule has 3 aromatic rings. The van der Waals surface area contributed by atoms with Gasteiger partial charge in [-0.05, 0) is 48.5 Å². The maximum Gasteiger partial charge on any atom is 0.262 e. The molecule has 8 nitrogen and oxygen atoms in total. The predicted molar refractivity (Wildman–Crippen MR) is 137 cm³/mol. The van der Waals surface area contributed by atoms with Crippen molar-refractivity contribution in [2.24, 2.45) is 5.10 Å². The summed E-state index contributed by atoms with van der Waals surface area (Å²) in [5, 5.41) is 5.83. The number of rotatable bonds is 8. The summed E-state index contributed by atoms with van der Waals surface area (Å²) in [5.74, 6) is 0.552. The topological polar surface area (TPSA) is 80.7 Å². The van der Waals surface area contributed by atoms with Gasteiger partial charge in [-0.15, -0.1) is 0 Å². The zero-order valence-electron chi connectivity index (χ0n) is 21.1. The molecule has 1 atom stereocenters. The molecule has 0 bridgehead atoms. The zero-order valence-corrected chi connectivity index (χ0v) is 21.1. The molecule has 0 aromatic heterocycles. The van der Waals surface area contributed by atoms with Gasteiger partial charge in [0, 0.05) is 30.2 Å². The summed E-state index contributed by atoms with van der Waals surface area (Å²) in [5.41, 5.74) is 1.81. The maximum atomic E-state index is 14.6. The van der Waals surface area contributed by atoms with E-state index in [0.717, 1.165) is 0 Å². The minimum absolute atomic E-state index is 0.234. The van der Waals surface area contributed by atoms with Gasteiger partial charge >= 0.3 is 0 Å². The SMILES string of the molecule is COc1ccc(C(=O)N(C)CC(=O)N2N=C(c3ccccc3F)C[C@H]2c2cc(OC)ccc2OC)cc1. The molecule has 0 N–H and O–H groups in total. The molecule has 0 saturated heterocycles. The highest BCUT2D eigenvalue weighted by molar-refractivity contribution is 6.04. The maximum absolute atomic E-state index is 14.6. The second kappa shape index (κ2) is 11.1. The molecule has 0 spiro atoms. The lowest BCUT2D eigenvalue weighted by Crippen LogP contribution is -2.39. The second-order valence-electron chi connectivity index (χ2n) is 8.48. The number of hydrogen-bond acceptors (Lipinski definition) is 6. The number of hydrazone groups is 1. The third-order valence-electron chi connectivity index (χ3n) is 6.20. The van der Waals surface area contributed by atoms with E-state index < -0.39 is 17.8 Å². The molecular formula is C28H28FN3O5. The van der Waals surface area contributed by atoms with Crippen molar-refractivity contribution in [1.82, 2.24) is 9.91 Å². The van der Waals surface area contributed by atoms with E-state index in [-0.39, 0.29) is 18.9 Å². The lowest BCUT2D eigenvalue weighted by molar-refractivity contribution is -0.133. The quantitative estimate of drug-likeness (QED) is 0.456. The number of carbonyl (C=O) groups is 2. The van der Waals surface area contributed by atoms with Crippen LogP contribution in [0.2, 0.25) is 0 Å². The van der Waals surface area contributed by atoms with Gasteiger partial charge < -0.3 is 19.1 Å². The summed E-state index contributed by atoms with van der Waals surface area (Å²) < 4.78 is 30.7. The van der Waals surface area contributed by atoms with Crippen LogP contribution in [0.1, 0.15) is 33.9 Å². The molecule has 9 heteroatoms. The van der Waals surface area contributed by atoms with Crippen molar-refractivity contribution in [1.29, 1.82) is 0 Å². The van der Waals surface area contributed by atoms with Crippen molar-refractivity contribution in [3.05, 3.63) is 89.2 Å². The highest BCUT2D eigenvalue weighted by Gasteiger charge is 2.36. The molecule has 4 rings (SSSR count). The first-order valence-corrected chi connectivity index (χ1v) is 11.6. The normalized spacial score (nSPS) is 14.7. The highest BCUT2D eigenvalue weighted by Crippen LogP contribution is 2.39. The van der Waals surface area contributed by atoms with E-state index in [1.807, 2.05) is 0 Å². The molecule has 1 heterocycles. The van der Waals surface area contributed by atoms with Gasteiger partial charge in [-0.25, -0.2) is 9.40 Å². The molecular weight excluding hydrogens is 477 g/mol. The van der Waals surface area contributed by atoms with Crippen molar-refractivity contribution in [2.75, 3.05) is 34.9 Å². The van der Waals surface area contributed by atoms with Crippen LogP contribution in [0.25, 0.3) is 0 Å². The van der Waals surface area contributed by atoms with Gasteiger partial charge in [0.1, 0.15) is 29.6 Å². The lowest BCUT2D eigenvalue weighted by Gasteiger charge is -2.26. The molecule has 0 aliphatic carbocycles. The monoisotopic (exact) mass is 505 g/mol. The predicted octanol–water partition coefficient (Wildman–Crippen LogP) is 4.30. The van der Waals surface area contributed by atoms with E-state index in [2.05, 4.69) is 5.10 Å². The molecule has 37 heavy (non-hydrogen) atoms. The second-order valence-corrected chi connectivity index (χ2v) is 8.48. The van der Waals surface area contributed by atoms with Crippen molar-refractivity contribution in [2.45, 2.75) is 12.5 Å². The molecule has 0 saturated carbocycles. The Morgan fingerprint density at radius 3 is 2.30 bits per heavy atom. The summed E-state index contributed by atoms with van der Waals surface area (Å²) in [6.07, 6.45) is 0.256. The van der Waals surface area contributed by atoms with Gasteiger partial charge in [0.25, 0.3) is 11.8 Å². The van der Waals surface area contributed by atoms with Crippen LogP contribution < -0.4 is 14.2 Å². The number of ether oxygens (including phenoxy) is 3. The standard InChI is InChI=1S/C28H28FN3O5/c1-31(28(34)18-9-11-19(35-2)12-10-18)17-27(33)32-25(22-15-20(36-3)13-14-26(22)37-4)16-24(30-32)21-7-5-6-8-23(21)29/h5-15,25H,16-17H2,1-4H3/t25-/m0/s1. The fraction of sp³-hybridized carbons (Fsp3) is 0.250. The Labute approximate surface area is 214 Å². The van der Waals surface area contributed by atoms with Crippen LogP contribution in [-0.4, -0.2) is 62.4 Å². The number of nitrogens with zero attached hydrogens (tertiary/aromatic N) is 3. The Morgan fingerprint density at radius 1 is 0.973 bits per heavy atom. The lowest BCUT2D eigenvalue weighted by atomic mass is 9.97. The number of hydrogen-bond donors (Lipinski definition) is 0. The molecule has 3 aromatic carbocycles. The number of carbonyl (C=O) groups excluding carboxylic acids is 2. The van der Waals surface area contributed by atoms with Crippen molar-refractivity contribution in [3.8, 4) is 17.2 Å². The van der Waals surface area contributed by atoms with Crippen molar-refractivity contribution >= 4 is 17.5 Å². The Bertz CT molecular complexity index is 1330. The summed E-state index contributed by atoms with van der Waals surface area (Å²) in [6.45, 7) is -0.234. The molecule has 1 aliphatic heterocycles. The van der Waals surface area contributed by atoms with E-state index in [1.165, 1.54) is 23.1 Å². The van der Waals surface area contributed by atoms with Crippen LogP contribution in [0.15, 0.2) is 71.8 Å². The van der Waals surface area contributed by atoms with E-state index in [1.54, 1.807) is 81.9 Å². The van der Waals surface area contributed by atoms with Crippen LogP contribution >= 0.6 is 0 Å². The third-order valence-corrected chi connectivity index (χ3v) is 6.20. The van der Waals surface area contributed by atoms with Crippen LogP contribution in [0.3, 0.4) is 0 Å². The van der Waals surface area contributed by atoms with Crippen molar-refractivity contribution in [3.63, 3.8) is 0 Å². The van der Waals surface area contributed by atoms with E-state index in [0.29, 0.717) is 39.7 Å². The zero-order chi connectivity index (χ0) is 26.5. The number of halogens is 1. The van der Waals surface area contributed by atoms with Crippen LogP contribution in [0, 0.1) is 5.82 Å². The van der Waals surface area contributed by atoms with Crippen LogP contribution in [0.4, 0.5) is 4.39 Å². The molecule has 2 amide bonds. The van der Waals surface area contributed by atoms with Gasteiger partial charge in [0.2, 0.25) is 0 Å². The third kappa shape index (κ3) is 5.40. The molecule has 192 valence electrons. The van der Waals surface area contributed by atoms with E-state index >= 15 is 0 Å². The summed E-state index contributed by atoms with van der Waals surface area (Å²) in [7, 11) is 6.17. The number of amides is 2. The average molecular weight is 506 g/mol. The van der Waals surface area contributed by atoms with Crippen LogP contribution in [-0.2, 0) is 4.79 Å². The largest absolute Gasteiger partial charge is 0.497 e. The van der Waals surface area contributed by atoms with E-state index in [4.69, 9.17) is 14.2 Å². The molecule has 0 unspecified atom stereocenters. The summed E-state index contributed by atoms with van der Waals surface area (Å²) >= 11 is 0. The minimum Gasteiger partial charge on any atom is -0.497 e. The molecule has 1 aliphatic rings. The van der Waals surface area contributed by atoms with Crippen molar-refractivity contribution < 1.29 is 28.2 Å². The smallest absolute Gasteiger partial charge is 0.262 e. The van der Waals surface area contributed by atoms with Gasteiger partial charge in [-0.3, -0.25) is 9.59 Å². The Kier molecular flexibility index (Phi) is 7.71. The fourth-order valence-corrected chi connectivity index (χ4v) is 4.24. The summed E-state index contributed by atoms with van der Waals surface area (Å²) in [4.78, 5) is 27.8. The number of methoxy groups -OCH3 is 3. The average Bonchev–Trinajstić information content (AvgIpc) is 3.37. The Balaban J connectivity index is 1.65. The van der Waals surface area contributed by atoms with Gasteiger partial charge in [-0.1, -0.05) is 18.2 Å². The van der Waals surface area contributed by atoms with Gasteiger partial charge in [0.15, 0.2) is 0 Å². The molecule has 0 radical (unpaired) electrons. The van der Waals surface area contributed by atoms with Gasteiger partial charge in [0.05, 0.1) is 33.1 Å². The first-order valence-electron chi connectivity index (χ1n) is 11.6. The minimum atomic E-state index is -0.586. The Morgan fingerprint density at radius 2 is 1.65 bits per heavy atom. The first-order chi connectivity index (χ1) is 17.9. The molecule has 0 fully saturated rings. The fourth-order valence-electron chi connectivity index (χ4n) is 4.24. The first kappa shape index (κ1) is 25.7. The number of benzene rings is 3. The van der Waals surface area contributed by atoms with E-state index in [9.17, 15) is 14.0 Å². The van der Waals surface area contributed by atoms with Crippen LogP contribution in [0.5, 0.6) is 17.2 Å². The highest BCUT2D eigenvalue weighted by atomic mass is 19.1.